The first-order valence-electron chi connectivity index (χ1n) is 5.64. The van der Waals surface area contributed by atoms with E-state index in [1.54, 1.807) is 11.9 Å². The van der Waals surface area contributed by atoms with Crippen molar-refractivity contribution in [1.82, 2.24) is 4.98 Å². The molecule has 8 heteroatoms. The fourth-order valence-electron chi connectivity index (χ4n) is 1.44. The zero-order chi connectivity index (χ0) is 14.4. The van der Waals surface area contributed by atoms with E-state index in [2.05, 4.69) is 4.98 Å². The first-order chi connectivity index (χ1) is 8.97. The van der Waals surface area contributed by atoms with Gasteiger partial charge in [0.15, 0.2) is 0 Å². The van der Waals surface area contributed by atoms with Gasteiger partial charge in [-0.25, -0.2) is 9.78 Å². The average molecular weight is 269 g/mol. The van der Waals surface area contributed by atoms with Crippen LogP contribution in [-0.4, -0.2) is 47.8 Å². The minimum atomic E-state index is -1.25. The normalized spacial score (nSPS) is 10.2. The summed E-state index contributed by atoms with van der Waals surface area (Å²) in [5.41, 5.74) is -0.549. The van der Waals surface area contributed by atoms with Crippen LogP contribution in [0.1, 0.15) is 17.3 Å². The number of carbonyl (C=O) groups is 1. The van der Waals surface area contributed by atoms with Crippen LogP contribution < -0.4 is 4.90 Å². The molecule has 1 aromatic heterocycles. The second-order valence-electron chi connectivity index (χ2n) is 3.75. The average Bonchev–Trinajstić information content (AvgIpc) is 2.38. The summed E-state index contributed by atoms with van der Waals surface area (Å²) in [4.78, 5) is 26.5. The Bertz CT molecular complexity index is 477. The van der Waals surface area contributed by atoms with Crippen LogP contribution in [0.15, 0.2) is 12.3 Å². The van der Waals surface area contributed by atoms with E-state index in [9.17, 15) is 14.9 Å². The van der Waals surface area contributed by atoms with Crippen molar-refractivity contribution in [3.63, 3.8) is 0 Å². The number of nitrogens with zero attached hydrogens (tertiary/aromatic N) is 3. The highest BCUT2D eigenvalue weighted by atomic mass is 16.6. The Morgan fingerprint density at radius 2 is 2.32 bits per heavy atom. The van der Waals surface area contributed by atoms with Gasteiger partial charge in [-0.3, -0.25) is 10.1 Å². The number of rotatable bonds is 7. The molecule has 1 rings (SSSR count). The van der Waals surface area contributed by atoms with Gasteiger partial charge in [0.1, 0.15) is 0 Å². The maximum atomic E-state index is 10.9. The van der Waals surface area contributed by atoms with Crippen LogP contribution in [0.5, 0.6) is 0 Å². The number of aromatic carboxylic acids is 1. The summed E-state index contributed by atoms with van der Waals surface area (Å²) in [6, 6.07) is 1.00. The zero-order valence-electron chi connectivity index (χ0n) is 10.7. The van der Waals surface area contributed by atoms with Crippen molar-refractivity contribution in [1.29, 1.82) is 0 Å². The second-order valence-corrected chi connectivity index (χ2v) is 3.75. The summed E-state index contributed by atoms with van der Waals surface area (Å²) in [5, 5.41) is 19.7. The molecule has 0 spiro atoms. The Hall–Kier alpha value is -2.22. The van der Waals surface area contributed by atoms with E-state index in [1.165, 1.54) is 0 Å². The second kappa shape index (κ2) is 6.64. The van der Waals surface area contributed by atoms with Gasteiger partial charge < -0.3 is 14.7 Å². The lowest BCUT2D eigenvalue weighted by molar-refractivity contribution is -0.384. The van der Waals surface area contributed by atoms with Gasteiger partial charge in [-0.05, 0) is 6.92 Å². The van der Waals surface area contributed by atoms with Crippen LogP contribution in [0, 0.1) is 10.1 Å². The predicted octanol–water partition coefficient (Wildman–Crippen LogP) is 1.16. The van der Waals surface area contributed by atoms with E-state index in [-0.39, 0.29) is 17.1 Å². The Balaban J connectivity index is 2.99. The number of aromatic nitrogens is 1. The molecule has 0 bridgehead atoms. The third-order valence-electron chi connectivity index (χ3n) is 2.43. The molecule has 0 saturated carbocycles. The summed E-state index contributed by atoms with van der Waals surface area (Å²) in [6.07, 6.45) is 1.10. The number of hydrogen-bond acceptors (Lipinski definition) is 6. The van der Waals surface area contributed by atoms with Crippen LogP contribution in [0.25, 0.3) is 0 Å². The SMILES string of the molecule is CCOCCN(C)c1ncc(C(=O)O)cc1[N+](=O)[O-]. The minimum absolute atomic E-state index is 0.120. The molecule has 1 aromatic rings. The third kappa shape index (κ3) is 3.88. The number of anilines is 1. The number of carboxylic acid groups (broad SMARTS) is 1. The van der Waals surface area contributed by atoms with Gasteiger partial charge in [0.2, 0.25) is 5.82 Å². The Labute approximate surface area is 109 Å². The summed E-state index contributed by atoms with van der Waals surface area (Å²) in [6.45, 7) is 3.24. The van der Waals surface area contributed by atoms with Crippen molar-refractivity contribution in [3.8, 4) is 0 Å². The lowest BCUT2D eigenvalue weighted by Gasteiger charge is -2.17. The van der Waals surface area contributed by atoms with Crippen LogP contribution >= 0.6 is 0 Å². The van der Waals surface area contributed by atoms with Gasteiger partial charge in [-0.2, -0.15) is 0 Å². The van der Waals surface area contributed by atoms with Crippen LogP contribution in [0.4, 0.5) is 11.5 Å². The molecule has 0 aliphatic heterocycles. The van der Waals surface area contributed by atoms with Gasteiger partial charge in [0.05, 0.1) is 17.1 Å². The topological polar surface area (TPSA) is 106 Å². The Morgan fingerprint density at radius 3 is 2.84 bits per heavy atom. The molecule has 0 fully saturated rings. The molecular weight excluding hydrogens is 254 g/mol. The quantitative estimate of drug-likeness (QED) is 0.449. The van der Waals surface area contributed by atoms with Crippen molar-refractivity contribution < 1.29 is 19.6 Å². The largest absolute Gasteiger partial charge is 0.478 e. The van der Waals surface area contributed by atoms with Crippen LogP contribution in [0.3, 0.4) is 0 Å². The van der Waals surface area contributed by atoms with Crippen molar-refractivity contribution in [2.45, 2.75) is 6.92 Å². The lowest BCUT2D eigenvalue weighted by atomic mass is 10.2. The molecule has 0 saturated heterocycles. The third-order valence-corrected chi connectivity index (χ3v) is 2.43. The fraction of sp³-hybridized carbons (Fsp3) is 0.455. The molecule has 104 valence electrons. The standard InChI is InChI=1S/C11H15N3O5/c1-3-19-5-4-13(2)10-9(14(17)18)6-8(7-12-10)11(15)16/h6-7H,3-5H2,1-2H3,(H,15,16). The minimum Gasteiger partial charge on any atom is -0.478 e. The highest BCUT2D eigenvalue weighted by molar-refractivity contribution is 5.88. The molecule has 8 nitrogen and oxygen atoms in total. The Kier molecular flexibility index (Phi) is 5.19. The maximum absolute atomic E-state index is 10.9. The number of ether oxygens (including phenoxy) is 1. The molecule has 0 radical (unpaired) electrons. The number of likely N-dealkylation sites (N-methyl/N-ethyl adjacent to an activating group) is 1. The van der Waals surface area contributed by atoms with Gasteiger partial charge in [-0.15, -0.1) is 0 Å². The molecule has 19 heavy (non-hydrogen) atoms. The van der Waals surface area contributed by atoms with Crippen LogP contribution in [0.2, 0.25) is 0 Å². The van der Waals surface area contributed by atoms with E-state index < -0.39 is 10.9 Å². The number of hydrogen-bond donors (Lipinski definition) is 1. The first-order valence-corrected chi connectivity index (χ1v) is 5.64. The molecular formula is C11H15N3O5. The maximum Gasteiger partial charge on any atom is 0.337 e. The molecule has 1 N–H and O–H groups in total. The highest BCUT2D eigenvalue weighted by Crippen LogP contribution is 2.25. The van der Waals surface area contributed by atoms with Gasteiger partial charge in [0.25, 0.3) is 0 Å². The molecule has 0 atom stereocenters. The molecule has 0 aliphatic carbocycles. The van der Waals surface area contributed by atoms with E-state index in [1.807, 2.05) is 6.92 Å². The summed E-state index contributed by atoms with van der Waals surface area (Å²) in [5.74, 6) is -1.13. The Morgan fingerprint density at radius 1 is 1.63 bits per heavy atom. The van der Waals surface area contributed by atoms with Crippen molar-refractivity contribution in [2.75, 3.05) is 31.7 Å². The predicted molar refractivity (Wildman–Crippen MR) is 67.6 cm³/mol. The van der Waals surface area contributed by atoms with E-state index in [0.717, 1.165) is 12.3 Å². The number of pyridine rings is 1. The smallest absolute Gasteiger partial charge is 0.337 e. The molecule has 1 heterocycles. The van der Waals surface area contributed by atoms with E-state index >= 15 is 0 Å². The van der Waals surface area contributed by atoms with Crippen molar-refractivity contribution >= 4 is 17.5 Å². The van der Waals surface area contributed by atoms with Crippen molar-refractivity contribution in [2.24, 2.45) is 0 Å². The molecule has 0 aromatic carbocycles. The molecule has 0 amide bonds. The number of nitro groups is 1. The van der Waals surface area contributed by atoms with Crippen LogP contribution in [-0.2, 0) is 4.74 Å². The van der Waals surface area contributed by atoms with E-state index in [4.69, 9.17) is 9.84 Å². The zero-order valence-corrected chi connectivity index (χ0v) is 10.7. The number of carboxylic acids is 1. The van der Waals surface area contributed by atoms with Crippen molar-refractivity contribution in [3.05, 3.63) is 27.9 Å². The summed E-state index contributed by atoms with van der Waals surface area (Å²) < 4.78 is 5.15. The summed E-state index contributed by atoms with van der Waals surface area (Å²) in [7, 11) is 1.63. The van der Waals surface area contributed by atoms with Gasteiger partial charge in [-0.1, -0.05) is 0 Å². The molecule has 0 unspecified atom stereocenters. The lowest BCUT2D eigenvalue weighted by Crippen LogP contribution is -2.24. The monoisotopic (exact) mass is 269 g/mol. The molecule has 0 aliphatic rings. The van der Waals surface area contributed by atoms with E-state index in [0.29, 0.717) is 19.8 Å². The fourth-order valence-corrected chi connectivity index (χ4v) is 1.44. The van der Waals surface area contributed by atoms with Gasteiger partial charge >= 0.3 is 11.7 Å². The first kappa shape index (κ1) is 14.8. The summed E-state index contributed by atoms with van der Waals surface area (Å²) >= 11 is 0. The highest BCUT2D eigenvalue weighted by Gasteiger charge is 2.21. The van der Waals surface area contributed by atoms with Gasteiger partial charge in [0, 0.05) is 32.5 Å².